The zero-order chi connectivity index (χ0) is 33.2. The SMILES string of the molecule is CCCCCCCCCCCCCCCCCCNC(=O)OCC(COP(O)Oc1cccc(C[n+]2csc(C)c2)c1)OC(C)C. The van der Waals surface area contributed by atoms with Gasteiger partial charge in [-0.3, -0.25) is 4.52 Å². The number of nitrogens with zero attached hydrogens (tertiary/aromatic N) is 1. The average molecular weight is 682 g/mol. The lowest BCUT2D eigenvalue weighted by Crippen LogP contribution is -2.33. The highest BCUT2D eigenvalue weighted by Crippen LogP contribution is 2.35. The van der Waals surface area contributed by atoms with E-state index in [4.69, 9.17) is 18.5 Å². The van der Waals surface area contributed by atoms with Crippen molar-refractivity contribution in [2.24, 2.45) is 0 Å². The Bertz CT molecular complexity index is 1040. The molecule has 0 spiro atoms. The number of ether oxygens (including phenoxy) is 2. The molecule has 0 fully saturated rings. The van der Waals surface area contributed by atoms with Crippen molar-refractivity contribution < 1.29 is 32.8 Å². The number of carbonyl (C=O) groups is 1. The molecule has 0 radical (unpaired) electrons. The van der Waals surface area contributed by atoms with Gasteiger partial charge in [-0.2, -0.15) is 4.57 Å². The number of alkyl carbamates (subject to hydrolysis) is 1. The molecule has 1 amide bonds. The summed E-state index contributed by atoms with van der Waals surface area (Å²) in [4.78, 5) is 23.9. The van der Waals surface area contributed by atoms with Crippen LogP contribution in [0, 0.1) is 6.92 Å². The highest BCUT2D eigenvalue weighted by atomic mass is 32.1. The van der Waals surface area contributed by atoms with Gasteiger partial charge in [-0.15, -0.1) is 0 Å². The number of rotatable bonds is 28. The van der Waals surface area contributed by atoms with Crippen molar-refractivity contribution in [3.63, 3.8) is 0 Å². The molecular formula is C36H62N2O6PS+. The molecule has 0 aliphatic rings. The first-order chi connectivity index (χ1) is 22.4. The largest absolute Gasteiger partial charge is 0.447 e. The molecule has 262 valence electrons. The molecule has 1 heterocycles. The van der Waals surface area contributed by atoms with Crippen molar-refractivity contribution in [1.82, 2.24) is 5.32 Å². The van der Waals surface area contributed by atoms with E-state index in [1.165, 1.54) is 94.8 Å². The van der Waals surface area contributed by atoms with Crippen LogP contribution in [-0.2, 0) is 20.5 Å². The molecule has 2 aromatic rings. The Hall–Kier alpha value is -1.77. The molecule has 2 rings (SSSR count). The number of amides is 1. The van der Waals surface area contributed by atoms with Crippen LogP contribution in [0.2, 0.25) is 0 Å². The summed E-state index contributed by atoms with van der Waals surface area (Å²) < 4.78 is 24.5. The fraction of sp³-hybridized carbons (Fsp3) is 0.722. The number of unbranched alkanes of at least 4 members (excludes halogenated alkanes) is 15. The van der Waals surface area contributed by atoms with Crippen molar-refractivity contribution in [3.8, 4) is 5.75 Å². The van der Waals surface area contributed by atoms with E-state index in [-0.39, 0.29) is 19.3 Å². The maximum Gasteiger partial charge on any atom is 0.407 e. The molecule has 0 bridgehead atoms. The molecule has 10 heteroatoms. The lowest BCUT2D eigenvalue weighted by molar-refractivity contribution is -0.683. The standard InChI is InChI=1S/C36H61N2O6PS/c1-5-6-7-8-9-10-11-12-13-14-15-16-17-18-19-20-24-37-36(39)41-28-35(43-31(2)3)29-42-45(40)44-34-23-21-22-33(25-34)27-38-26-32(4)46-30-38/h21-23,25-26,30-31,35,40H,5-20,24,27-29H2,1-4H3/p+1. The number of thiazole rings is 1. The molecule has 0 aliphatic heterocycles. The quantitative estimate of drug-likeness (QED) is 0.0528. The van der Waals surface area contributed by atoms with Gasteiger partial charge in [0, 0.05) is 12.1 Å². The van der Waals surface area contributed by atoms with E-state index >= 15 is 0 Å². The maximum absolute atomic E-state index is 12.2. The van der Waals surface area contributed by atoms with E-state index in [0.717, 1.165) is 24.9 Å². The van der Waals surface area contributed by atoms with Crippen LogP contribution in [0.25, 0.3) is 0 Å². The molecule has 0 saturated carbocycles. The number of hydrogen-bond acceptors (Lipinski definition) is 7. The van der Waals surface area contributed by atoms with Gasteiger partial charge in [0.25, 0.3) is 0 Å². The van der Waals surface area contributed by atoms with E-state index in [2.05, 4.69) is 35.4 Å². The van der Waals surface area contributed by atoms with E-state index in [1.54, 1.807) is 17.4 Å². The monoisotopic (exact) mass is 681 g/mol. The molecule has 0 saturated heterocycles. The van der Waals surface area contributed by atoms with Crippen LogP contribution < -0.4 is 14.4 Å². The Balaban J connectivity index is 1.50. The summed E-state index contributed by atoms with van der Waals surface area (Å²) in [6.07, 6.45) is 22.2. The minimum Gasteiger partial charge on any atom is -0.447 e. The summed E-state index contributed by atoms with van der Waals surface area (Å²) in [7, 11) is -2.18. The highest BCUT2D eigenvalue weighted by Gasteiger charge is 2.19. The second-order valence-corrected chi connectivity index (χ2v) is 14.5. The van der Waals surface area contributed by atoms with E-state index in [0.29, 0.717) is 12.3 Å². The fourth-order valence-electron chi connectivity index (χ4n) is 5.30. The number of carbonyl (C=O) groups excluding carboxylic acids is 1. The normalized spacial score (nSPS) is 12.7. The van der Waals surface area contributed by atoms with Crippen molar-refractivity contribution in [2.75, 3.05) is 19.8 Å². The molecule has 2 atom stereocenters. The average Bonchev–Trinajstić information content (AvgIpc) is 3.44. The molecule has 1 aromatic carbocycles. The number of aromatic nitrogens is 1. The van der Waals surface area contributed by atoms with Gasteiger partial charge in [-0.1, -0.05) is 127 Å². The van der Waals surface area contributed by atoms with Crippen LogP contribution in [0.15, 0.2) is 36.0 Å². The van der Waals surface area contributed by atoms with E-state index in [1.807, 2.05) is 32.0 Å². The molecule has 46 heavy (non-hydrogen) atoms. The van der Waals surface area contributed by atoms with Crippen molar-refractivity contribution in [2.45, 2.75) is 149 Å². The minimum absolute atomic E-state index is 0.0267. The smallest absolute Gasteiger partial charge is 0.407 e. The van der Waals surface area contributed by atoms with Gasteiger partial charge in [-0.05, 0) is 39.3 Å². The molecule has 2 N–H and O–H groups in total. The van der Waals surface area contributed by atoms with Gasteiger partial charge < -0.3 is 24.2 Å². The summed E-state index contributed by atoms with van der Waals surface area (Å²) >= 11 is 1.70. The Labute approximate surface area is 284 Å². The van der Waals surface area contributed by atoms with Crippen LogP contribution in [0.3, 0.4) is 0 Å². The highest BCUT2D eigenvalue weighted by molar-refractivity contribution is 7.41. The molecular weight excluding hydrogens is 619 g/mol. The van der Waals surface area contributed by atoms with Crippen molar-refractivity contribution in [1.29, 1.82) is 0 Å². The number of aryl methyl sites for hydroxylation is 1. The zero-order valence-corrected chi connectivity index (χ0v) is 30.8. The van der Waals surface area contributed by atoms with Gasteiger partial charge >= 0.3 is 14.7 Å². The molecule has 2 unspecified atom stereocenters. The van der Waals surface area contributed by atoms with Crippen LogP contribution >= 0.6 is 19.9 Å². The van der Waals surface area contributed by atoms with E-state index < -0.39 is 20.8 Å². The summed E-state index contributed by atoms with van der Waals surface area (Å²) in [6, 6.07) is 7.59. The van der Waals surface area contributed by atoms with Crippen molar-refractivity contribution >= 4 is 26.0 Å². The third-order valence-electron chi connectivity index (χ3n) is 7.70. The van der Waals surface area contributed by atoms with Gasteiger partial charge in [-0.25, -0.2) is 4.79 Å². The Morgan fingerprint density at radius 3 is 2.09 bits per heavy atom. The minimum atomic E-state index is -2.18. The first-order valence-corrected chi connectivity index (χ1v) is 19.8. The summed E-state index contributed by atoms with van der Waals surface area (Å²) in [5.74, 6) is 0.532. The van der Waals surface area contributed by atoms with Gasteiger partial charge in [0.2, 0.25) is 5.51 Å². The fourth-order valence-corrected chi connectivity index (χ4v) is 6.57. The van der Waals surface area contributed by atoms with E-state index in [9.17, 15) is 9.69 Å². The zero-order valence-electron chi connectivity index (χ0n) is 29.1. The van der Waals surface area contributed by atoms with Crippen LogP contribution in [0.1, 0.15) is 134 Å². The van der Waals surface area contributed by atoms with Gasteiger partial charge in [0.1, 0.15) is 18.5 Å². The Morgan fingerprint density at radius 1 is 0.913 bits per heavy atom. The maximum atomic E-state index is 12.2. The predicted octanol–water partition coefficient (Wildman–Crippen LogP) is 9.79. The van der Waals surface area contributed by atoms with Gasteiger partial charge in [0.15, 0.2) is 12.7 Å². The molecule has 0 aliphatic carbocycles. The third kappa shape index (κ3) is 21.2. The first kappa shape index (κ1) is 40.4. The Morgan fingerprint density at radius 2 is 1.52 bits per heavy atom. The Kier molecular flexibility index (Phi) is 23.0. The summed E-state index contributed by atoms with van der Waals surface area (Å²) in [5, 5.41) is 2.83. The topological polar surface area (TPSA) is 90.1 Å². The van der Waals surface area contributed by atoms with Crippen molar-refractivity contribution in [3.05, 3.63) is 46.4 Å². The lowest BCUT2D eigenvalue weighted by Gasteiger charge is -2.21. The summed E-state index contributed by atoms with van der Waals surface area (Å²) in [5.41, 5.74) is 3.13. The summed E-state index contributed by atoms with van der Waals surface area (Å²) in [6.45, 7) is 9.54. The first-order valence-electron chi connectivity index (χ1n) is 17.7. The predicted molar refractivity (Wildman–Crippen MR) is 189 cm³/mol. The lowest BCUT2D eigenvalue weighted by atomic mass is 10.0. The number of hydrogen-bond donors (Lipinski definition) is 2. The van der Waals surface area contributed by atoms with Crippen LogP contribution in [0.5, 0.6) is 5.75 Å². The number of nitrogens with one attached hydrogen (secondary N) is 1. The van der Waals surface area contributed by atoms with Crippen LogP contribution in [0.4, 0.5) is 4.79 Å². The second kappa shape index (κ2) is 26.2. The second-order valence-electron chi connectivity index (χ2n) is 12.5. The van der Waals surface area contributed by atoms with Gasteiger partial charge in [0.05, 0.1) is 17.6 Å². The third-order valence-corrected chi connectivity index (χ3v) is 9.29. The molecule has 8 nitrogen and oxygen atoms in total. The number of benzene rings is 1. The van der Waals surface area contributed by atoms with Crippen LogP contribution in [-0.4, -0.2) is 43.0 Å². The molecule has 1 aromatic heterocycles.